The van der Waals surface area contributed by atoms with Gasteiger partial charge in [-0.25, -0.2) is 4.68 Å². The van der Waals surface area contributed by atoms with Crippen LogP contribution in [0.1, 0.15) is 18.1 Å². The van der Waals surface area contributed by atoms with E-state index in [1.165, 1.54) is 12.1 Å². The molecule has 1 amide bonds. The summed E-state index contributed by atoms with van der Waals surface area (Å²) in [5.41, 5.74) is 1.40. The highest BCUT2D eigenvalue weighted by atomic mass is 19.4. The van der Waals surface area contributed by atoms with Crippen molar-refractivity contribution in [2.75, 3.05) is 5.32 Å². The van der Waals surface area contributed by atoms with Gasteiger partial charge >= 0.3 is 6.18 Å². The van der Waals surface area contributed by atoms with E-state index in [2.05, 4.69) is 10.4 Å². The van der Waals surface area contributed by atoms with Crippen LogP contribution >= 0.6 is 0 Å². The Kier molecular flexibility index (Phi) is 5.30. The summed E-state index contributed by atoms with van der Waals surface area (Å²) in [7, 11) is 0. The molecule has 0 radical (unpaired) electrons. The van der Waals surface area contributed by atoms with Gasteiger partial charge in [-0.2, -0.15) is 18.3 Å². The van der Waals surface area contributed by atoms with E-state index in [1.807, 2.05) is 30.3 Å². The summed E-state index contributed by atoms with van der Waals surface area (Å²) < 4.78 is 39.5. The lowest BCUT2D eigenvalue weighted by molar-refractivity contribution is -0.137. The molecule has 0 aliphatic carbocycles. The second-order valence-electron chi connectivity index (χ2n) is 6.30. The maximum atomic E-state index is 12.6. The molecular formula is C20H18F3N3O. The lowest BCUT2D eigenvalue weighted by Crippen LogP contribution is -2.22. The summed E-state index contributed by atoms with van der Waals surface area (Å²) >= 11 is 0. The van der Waals surface area contributed by atoms with Gasteiger partial charge in [0.2, 0.25) is 5.91 Å². The van der Waals surface area contributed by atoms with E-state index < -0.39 is 17.7 Å². The highest BCUT2D eigenvalue weighted by molar-refractivity contribution is 5.92. The predicted molar refractivity (Wildman–Crippen MR) is 96.5 cm³/mol. The zero-order valence-corrected chi connectivity index (χ0v) is 14.6. The zero-order valence-electron chi connectivity index (χ0n) is 14.6. The highest BCUT2D eigenvalue weighted by Gasteiger charge is 2.30. The molecule has 1 heterocycles. The number of hydrogen-bond acceptors (Lipinski definition) is 2. The molecule has 4 nitrogen and oxygen atoms in total. The summed E-state index contributed by atoms with van der Waals surface area (Å²) in [5, 5.41) is 7.00. The first kappa shape index (κ1) is 18.7. The largest absolute Gasteiger partial charge is 0.416 e. The second-order valence-corrected chi connectivity index (χ2v) is 6.30. The number of carbonyl (C=O) groups is 1. The van der Waals surface area contributed by atoms with Gasteiger partial charge < -0.3 is 5.32 Å². The molecule has 0 saturated carbocycles. The van der Waals surface area contributed by atoms with Gasteiger partial charge in [0.15, 0.2) is 0 Å². The third-order valence-electron chi connectivity index (χ3n) is 4.14. The SMILES string of the molecule is CC(Cc1ccc(C(F)(F)F)cc1)C(=O)Nc1cnn(-c2ccccc2)c1. The average Bonchev–Trinajstić information content (AvgIpc) is 3.10. The molecule has 1 unspecified atom stereocenters. The Morgan fingerprint density at radius 2 is 1.78 bits per heavy atom. The van der Waals surface area contributed by atoms with Crippen LogP contribution in [0.3, 0.4) is 0 Å². The molecule has 0 spiro atoms. The van der Waals surface area contributed by atoms with Crippen LogP contribution in [0.5, 0.6) is 0 Å². The van der Waals surface area contributed by atoms with Crippen molar-refractivity contribution < 1.29 is 18.0 Å². The van der Waals surface area contributed by atoms with Gasteiger partial charge in [0.05, 0.1) is 29.3 Å². The van der Waals surface area contributed by atoms with Crippen molar-refractivity contribution in [3.05, 3.63) is 78.1 Å². The predicted octanol–water partition coefficient (Wildman–Crippen LogP) is 4.71. The van der Waals surface area contributed by atoms with E-state index in [1.54, 1.807) is 24.0 Å². The molecule has 3 aromatic rings. The zero-order chi connectivity index (χ0) is 19.4. The van der Waals surface area contributed by atoms with Crippen LogP contribution in [0.2, 0.25) is 0 Å². The highest BCUT2D eigenvalue weighted by Crippen LogP contribution is 2.29. The number of nitrogens with zero attached hydrogens (tertiary/aromatic N) is 2. The second kappa shape index (κ2) is 7.65. The number of hydrogen-bond donors (Lipinski definition) is 1. The number of nitrogens with one attached hydrogen (secondary N) is 1. The van der Waals surface area contributed by atoms with Crippen LogP contribution in [0, 0.1) is 5.92 Å². The summed E-state index contributed by atoms with van der Waals surface area (Å²) in [5.74, 6) is -0.621. The Hall–Kier alpha value is -3.09. The van der Waals surface area contributed by atoms with Crippen LogP contribution in [0.25, 0.3) is 5.69 Å². The molecule has 3 rings (SSSR count). The Bertz CT molecular complexity index is 902. The minimum Gasteiger partial charge on any atom is -0.323 e. The van der Waals surface area contributed by atoms with Gasteiger partial charge in [-0.05, 0) is 36.2 Å². The first-order valence-electron chi connectivity index (χ1n) is 8.40. The maximum Gasteiger partial charge on any atom is 0.416 e. The van der Waals surface area contributed by atoms with Gasteiger partial charge in [-0.1, -0.05) is 37.3 Å². The van der Waals surface area contributed by atoms with E-state index >= 15 is 0 Å². The summed E-state index contributed by atoms with van der Waals surface area (Å²) in [6, 6.07) is 14.3. The first-order valence-corrected chi connectivity index (χ1v) is 8.40. The van der Waals surface area contributed by atoms with Gasteiger partial charge in [0.25, 0.3) is 0 Å². The van der Waals surface area contributed by atoms with E-state index in [0.29, 0.717) is 17.7 Å². The molecule has 0 aliphatic rings. The molecule has 140 valence electrons. The smallest absolute Gasteiger partial charge is 0.323 e. The fourth-order valence-electron chi connectivity index (χ4n) is 2.65. The number of para-hydroxylation sites is 1. The number of rotatable bonds is 5. The topological polar surface area (TPSA) is 46.9 Å². The third-order valence-corrected chi connectivity index (χ3v) is 4.14. The van der Waals surface area contributed by atoms with Crippen LogP contribution < -0.4 is 5.32 Å². The molecule has 1 aromatic heterocycles. The lowest BCUT2D eigenvalue weighted by Gasteiger charge is -2.12. The molecule has 1 atom stereocenters. The Morgan fingerprint density at radius 1 is 1.11 bits per heavy atom. The molecule has 27 heavy (non-hydrogen) atoms. The lowest BCUT2D eigenvalue weighted by atomic mass is 9.99. The Labute approximate surface area is 154 Å². The number of aromatic nitrogens is 2. The first-order chi connectivity index (χ1) is 12.8. The number of carbonyl (C=O) groups excluding carboxylic acids is 1. The number of anilines is 1. The van der Waals surface area contributed by atoms with Crippen molar-refractivity contribution >= 4 is 11.6 Å². The number of amides is 1. The third kappa shape index (κ3) is 4.75. The summed E-state index contributed by atoms with van der Waals surface area (Å²) in [6.45, 7) is 1.73. The maximum absolute atomic E-state index is 12.6. The average molecular weight is 373 g/mol. The van der Waals surface area contributed by atoms with Crippen molar-refractivity contribution in [2.24, 2.45) is 5.92 Å². The van der Waals surface area contributed by atoms with E-state index in [4.69, 9.17) is 0 Å². The van der Waals surface area contributed by atoms with Crippen molar-refractivity contribution in [1.29, 1.82) is 0 Å². The van der Waals surface area contributed by atoms with Crippen LogP contribution in [0.15, 0.2) is 67.0 Å². The Balaban J connectivity index is 1.60. The van der Waals surface area contributed by atoms with Crippen molar-refractivity contribution in [3.63, 3.8) is 0 Å². The molecule has 0 bridgehead atoms. The van der Waals surface area contributed by atoms with Gasteiger partial charge in [-0.3, -0.25) is 4.79 Å². The fraction of sp³-hybridized carbons (Fsp3) is 0.200. The fourth-order valence-corrected chi connectivity index (χ4v) is 2.65. The number of benzene rings is 2. The van der Waals surface area contributed by atoms with E-state index in [9.17, 15) is 18.0 Å². The number of halogens is 3. The quantitative estimate of drug-likeness (QED) is 0.704. The molecular weight excluding hydrogens is 355 g/mol. The minimum absolute atomic E-state index is 0.220. The molecule has 0 saturated heterocycles. The van der Waals surface area contributed by atoms with E-state index in [0.717, 1.165) is 17.8 Å². The summed E-state index contributed by atoms with van der Waals surface area (Å²) in [6.07, 6.45) is -0.759. The Morgan fingerprint density at radius 3 is 2.41 bits per heavy atom. The van der Waals surface area contributed by atoms with Crippen molar-refractivity contribution in [2.45, 2.75) is 19.5 Å². The molecule has 0 fully saturated rings. The van der Waals surface area contributed by atoms with E-state index in [-0.39, 0.29) is 5.91 Å². The minimum atomic E-state index is -4.36. The summed E-state index contributed by atoms with van der Waals surface area (Å²) in [4.78, 5) is 12.4. The molecule has 7 heteroatoms. The van der Waals surface area contributed by atoms with Crippen LogP contribution in [0.4, 0.5) is 18.9 Å². The molecule has 0 aliphatic heterocycles. The molecule has 1 N–H and O–H groups in total. The normalized spacial score (nSPS) is 12.6. The van der Waals surface area contributed by atoms with Crippen LogP contribution in [-0.4, -0.2) is 15.7 Å². The van der Waals surface area contributed by atoms with Gasteiger partial charge in [0, 0.05) is 5.92 Å². The van der Waals surface area contributed by atoms with Crippen molar-refractivity contribution in [3.8, 4) is 5.69 Å². The van der Waals surface area contributed by atoms with Gasteiger partial charge in [-0.15, -0.1) is 0 Å². The number of alkyl halides is 3. The van der Waals surface area contributed by atoms with Gasteiger partial charge in [0.1, 0.15) is 0 Å². The monoisotopic (exact) mass is 373 g/mol. The standard InChI is InChI=1S/C20H18F3N3O/c1-14(11-15-7-9-16(10-8-15)20(21,22)23)19(27)25-17-12-24-26(13-17)18-5-3-2-4-6-18/h2-10,12-14H,11H2,1H3,(H,25,27). The van der Waals surface area contributed by atoms with Crippen molar-refractivity contribution in [1.82, 2.24) is 9.78 Å². The molecule has 2 aromatic carbocycles. The van der Waals surface area contributed by atoms with Crippen LogP contribution in [-0.2, 0) is 17.4 Å².